The molecule has 5 heterocycles. The van der Waals surface area contributed by atoms with E-state index in [0.717, 1.165) is 91.6 Å². The number of carbonyl (C=O) groups is 3. The molecule has 2 saturated heterocycles. The van der Waals surface area contributed by atoms with Crippen molar-refractivity contribution >= 4 is 29.2 Å². The second kappa shape index (κ2) is 16.2. The molecule has 11 nitrogen and oxygen atoms in total. The van der Waals surface area contributed by atoms with Crippen LogP contribution in [0.25, 0.3) is 5.69 Å². The number of aromatic nitrogens is 3. The molecule has 268 valence electrons. The van der Waals surface area contributed by atoms with Gasteiger partial charge in [0.15, 0.2) is 0 Å². The predicted molar refractivity (Wildman–Crippen MR) is 195 cm³/mol. The van der Waals surface area contributed by atoms with Crippen molar-refractivity contribution in [2.75, 3.05) is 62.6 Å². The van der Waals surface area contributed by atoms with Crippen LogP contribution in [0, 0.1) is 19.8 Å². The highest BCUT2D eigenvalue weighted by Gasteiger charge is 2.28. The van der Waals surface area contributed by atoms with Crippen LogP contribution in [0.4, 0.5) is 11.5 Å². The summed E-state index contributed by atoms with van der Waals surface area (Å²) in [6.45, 7) is 11.8. The first-order chi connectivity index (χ1) is 24.1. The van der Waals surface area contributed by atoms with Crippen LogP contribution in [0.3, 0.4) is 0 Å². The van der Waals surface area contributed by atoms with Gasteiger partial charge >= 0.3 is 5.97 Å². The van der Waals surface area contributed by atoms with E-state index < -0.39 is 5.97 Å². The monoisotopic (exact) mass is 683 g/mol. The molecule has 0 aliphatic carbocycles. The molecule has 2 N–H and O–H groups in total. The Morgan fingerprint density at radius 3 is 2.54 bits per heavy atom. The summed E-state index contributed by atoms with van der Waals surface area (Å²) in [5.41, 5.74) is 7.36. The van der Waals surface area contributed by atoms with Crippen LogP contribution in [0.5, 0.6) is 0 Å². The number of aryl methyl sites for hydroxylation is 4. The minimum Gasteiger partial charge on any atom is -0.481 e. The Balaban J connectivity index is 1.15. The first kappa shape index (κ1) is 35.6. The standard InChI is InChI=1S/C39H53N7O4/c1-27-20-28(2)46(42-27)36-22-32(21-35(24-36)44-16-18-45(19-17-44)37(48)8-4-6-29(3)47)33(23-38(49)50)26-43-15-13-30(25-43)9-11-34-12-10-31-7-5-14-40-39(31)41-34/h10,12,20-22,24,30,33H,4-9,11,13-19,23,25-26H2,1-3H3,(H,40,41)(H,49,50)/t30-,33-/m1/s1. The van der Waals surface area contributed by atoms with Gasteiger partial charge in [0.2, 0.25) is 5.91 Å². The van der Waals surface area contributed by atoms with Crippen molar-refractivity contribution in [1.29, 1.82) is 0 Å². The zero-order chi connectivity index (χ0) is 35.2. The summed E-state index contributed by atoms with van der Waals surface area (Å²) in [5, 5.41) is 18.3. The molecule has 3 aromatic rings. The molecule has 3 aliphatic rings. The van der Waals surface area contributed by atoms with E-state index in [9.17, 15) is 19.5 Å². The number of fused-ring (bicyclic) bond motifs is 1. The average molecular weight is 684 g/mol. The molecule has 2 atom stereocenters. The number of amides is 1. The fourth-order valence-corrected chi connectivity index (χ4v) is 7.89. The van der Waals surface area contributed by atoms with Gasteiger partial charge in [-0.25, -0.2) is 9.67 Å². The third-order valence-electron chi connectivity index (χ3n) is 10.6. The number of piperazine rings is 1. The summed E-state index contributed by atoms with van der Waals surface area (Å²) in [6.07, 6.45) is 6.88. The lowest BCUT2D eigenvalue weighted by Gasteiger charge is -2.37. The van der Waals surface area contributed by atoms with E-state index in [0.29, 0.717) is 57.9 Å². The smallest absolute Gasteiger partial charge is 0.304 e. The molecule has 11 heteroatoms. The summed E-state index contributed by atoms with van der Waals surface area (Å²) in [7, 11) is 0. The number of hydrogen-bond acceptors (Lipinski definition) is 8. The van der Waals surface area contributed by atoms with Crippen molar-refractivity contribution in [2.45, 2.75) is 84.5 Å². The Labute approximate surface area is 296 Å². The van der Waals surface area contributed by atoms with E-state index in [1.807, 2.05) is 23.4 Å². The molecule has 2 aromatic heterocycles. The SMILES string of the molecule is CC(=O)CCCC(=O)N1CCN(c2cc([C@H](CC(=O)O)CN3CC[C@@H](CCc4ccc5c(n4)NCCC5)C3)cc(-n3nc(C)cc3C)c2)CC1. The van der Waals surface area contributed by atoms with Crippen LogP contribution in [0.15, 0.2) is 36.4 Å². The van der Waals surface area contributed by atoms with E-state index in [1.54, 1.807) is 6.92 Å². The summed E-state index contributed by atoms with van der Waals surface area (Å²) >= 11 is 0. The van der Waals surface area contributed by atoms with E-state index >= 15 is 0 Å². The summed E-state index contributed by atoms with van der Waals surface area (Å²) < 4.78 is 1.95. The number of aliphatic carboxylic acids is 1. The molecular formula is C39H53N7O4. The summed E-state index contributed by atoms with van der Waals surface area (Å²) in [4.78, 5) is 48.0. The van der Waals surface area contributed by atoms with Crippen LogP contribution in [0.1, 0.15) is 86.0 Å². The molecule has 2 fully saturated rings. The normalized spacial score (nSPS) is 18.5. The average Bonchev–Trinajstić information content (AvgIpc) is 3.70. The number of hydrogen-bond donors (Lipinski definition) is 2. The molecule has 0 radical (unpaired) electrons. The van der Waals surface area contributed by atoms with Gasteiger partial charge in [-0.3, -0.25) is 9.59 Å². The van der Waals surface area contributed by atoms with Crippen molar-refractivity contribution in [3.8, 4) is 5.69 Å². The van der Waals surface area contributed by atoms with Crippen LogP contribution < -0.4 is 10.2 Å². The number of likely N-dealkylation sites (tertiary alicyclic amines) is 1. The fourth-order valence-electron chi connectivity index (χ4n) is 7.89. The third-order valence-corrected chi connectivity index (χ3v) is 10.6. The van der Waals surface area contributed by atoms with E-state index in [2.05, 4.69) is 51.5 Å². The number of nitrogens with one attached hydrogen (secondary N) is 1. The first-order valence-corrected chi connectivity index (χ1v) is 18.5. The Kier molecular flexibility index (Phi) is 11.5. The number of carboxylic acid groups (broad SMARTS) is 1. The molecule has 0 saturated carbocycles. The van der Waals surface area contributed by atoms with Gasteiger partial charge in [0.05, 0.1) is 17.8 Å². The topological polar surface area (TPSA) is 124 Å². The predicted octanol–water partition coefficient (Wildman–Crippen LogP) is 5.16. The number of benzene rings is 1. The van der Waals surface area contributed by atoms with Gasteiger partial charge in [-0.15, -0.1) is 0 Å². The largest absolute Gasteiger partial charge is 0.481 e. The number of Topliss-reactive ketones (excluding diaryl/α,β-unsaturated/α-hetero) is 1. The van der Waals surface area contributed by atoms with Crippen molar-refractivity contribution in [3.05, 3.63) is 64.6 Å². The van der Waals surface area contributed by atoms with E-state index in [1.165, 1.54) is 5.56 Å². The van der Waals surface area contributed by atoms with E-state index in [4.69, 9.17) is 10.1 Å². The molecule has 1 aromatic carbocycles. The second-order valence-electron chi connectivity index (χ2n) is 14.6. The Morgan fingerprint density at radius 2 is 1.80 bits per heavy atom. The second-order valence-corrected chi connectivity index (χ2v) is 14.6. The van der Waals surface area contributed by atoms with Crippen molar-refractivity contribution in [2.24, 2.45) is 5.92 Å². The third kappa shape index (κ3) is 9.10. The van der Waals surface area contributed by atoms with E-state index in [-0.39, 0.29) is 24.0 Å². The van der Waals surface area contributed by atoms with Crippen molar-refractivity contribution in [1.82, 2.24) is 24.6 Å². The number of ketones is 1. The number of anilines is 2. The van der Waals surface area contributed by atoms with Gasteiger partial charge in [0, 0.05) is 81.6 Å². The zero-order valence-electron chi connectivity index (χ0n) is 30.0. The van der Waals surface area contributed by atoms with Gasteiger partial charge < -0.3 is 29.9 Å². The molecule has 1 amide bonds. The maximum Gasteiger partial charge on any atom is 0.304 e. The van der Waals surface area contributed by atoms with Crippen LogP contribution >= 0.6 is 0 Å². The number of carbonyl (C=O) groups excluding carboxylic acids is 2. The Morgan fingerprint density at radius 1 is 1.00 bits per heavy atom. The molecule has 0 bridgehead atoms. The van der Waals surface area contributed by atoms with Gasteiger partial charge in [-0.05, 0) is 113 Å². The Bertz CT molecular complexity index is 1680. The maximum atomic E-state index is 12.8. The van der Waals surface area contributed by atoms with Gasteiger partial charge in [0.25, 0.3) is 0 Å². The lowest BCUT2D eigenvalue weighted by molar-refractivity contribution is -0.137. The molecule has 0 spiro atoms. The molecule has 50 heavy (non-hydrogen) atoms. The molecule has 3 aliphatic heterocycles. The first-order valence-electron chi connectivity index (χ1n) is 18.5. The zero-order valence-corrected chi connectivity index (χ0v) is 30.0. The van der Waals surface area contributed by atoms with Gasteiger partial charge in [0.1, 0.15) is 11.6 Å². The number of nitrogens with zero attached hydrogens (tertiary/aromatic N) is 6. The maximum absolute atomic E-state index is 12.8. The molecular weight excluding hydrogens is 630 g/mol. The lowest BCUT2D eigenvalue weighted by Crippen LogP contribution is -2.48. The summed E-state index contributed by atoms with van der Waals surface area (Å²) in [5.74, 6) is 0.848. The number of pyridine rings is 1. The number of rotatable bonds is 14. The van der Waals surface area contributed by atoms with Crippen LogP contribution in [-0.2, 0) is 27.2 Å². The van der Waals surface area contributed by atoms with Gasteiger partial charge in [-0.1, -0.05) is 6.07 Å². The summed E-state index contributed by atoms with van der Waals surface area (Å²) in [6, 6.07) is 12.9. The quantitative estimate of drug-likeness (QED) is 0.237. The number of carboxylic acids is 1. The Hall–Kier alpha value is -4.25. The molecule has 0 unspecified atom stereocenters. The van der Waals surface area contributed by atoms with Crippen molar-refractivity contribution in [3.63, 3.8) is 0 Å². The van der Waals surface area contributed by atoms with Crippen LogP contribution in [-0.4, -0.2) is 99.7 Å². The highest BCUT2D eigenvalue weighted by molar-refractivity contribution is 5.79. The fraction of sp³-hybridized carbons (Fsp3) is 0.564. The van der Waals surface area contributed by atoms with Crippen LogP contribution in [0.2, 0.25) is 0 Å². The minimum atomic E-state index is -0.798. The lowest BCUT2D eigenvalue weighted by atomic mass is 9.93. The highest BCUT2D eigenvalue weighted by atomic mass is 16.4. The minimum absolute atomic E-state index is 0.0514. The van der Waals surface area contributed by atoms with Crippen molar-refractivity contribution < 1.29 is 19.5 Å². The highest BCUT2D eigenvalue weighted by Crippen LogP contribution is 2.32. The van der Waals surface area contributed by atoms with Gasteiger partial charge in [-0.2, -0.15) is 5.10 Å². The molecule has 6 rings (SSSR count).